The van der Waals surface area contributed by atoms with Crippen molar-refractivity contribution in [3.05, 3.63) is 24.3 Å². The van der Waals surface area contributed by atoms with E-state index in [1.807, 2.05) is 4.90 Å². The topological polar surface area (TPSA) is 58.6 Å². The Kier molecular flexibility index (Phi) is 5.00. The molecule has 0 bridgehead atoms. The van der Waals surface area contributed by atoms with Crippen LogP contribution in [0.1, 0.15) is 12.8 Å². The summed E-state index contributed by atoms with van der Waals surface area (Å²) in [7, 11) is -3.23. The predicted octanol–water partition coefficient (Wildman–Crippen LogP) is 1.81. The van der Waals surface area contributed by atoms with Crippen LogP contribution in [0.3, 0.4) is 0 Å². The van der Waals surface area contributed by atoms with Gasteiger partial charge in [0.15, 0.2) is 0 Å². The predicted molar refractivity (Wildman–Crippen MR) is 76.3 cm³/mol. The van der Waals surface area contributed by atoms with Gasteiger partial charge in [0.2, 0.25) is 10.0 Å². The third-order valence-corrected chi connectivity index (χ3v) is 3.99. The van der Waals surface area contributed by atoms with E-state index in [1.54, 1.807) is 12.1 Å². The van der Waals surface area contributed by atoms with Crippen LogP contribution in [0, 0.1) is 0 Å². The summed E-state index contributed by atoms with van der Waals surface area (Å²) < 4.78 is 53.6. The lowest BCUT2D eigenvalue weighted by molar-refractivity contribution is -0.0498. The summed E-state index contributed by atoms with van der Waals surface area (Å²) in [5.41, 5.74) is 0.858. The molecule has 1 aliphatic heterocycles. The smallest absolute Gasteiger partial charge is 0.387 e. The van der Waals surface area contributed by atoms with Gasteiger partial charge in [0, 0.05) is 24.8 Å². The van der Waals surface area contributed by atoms with E-state index >= 15 is 0 Å². The zero-order valence-corrected chi connectivity index (χ0v) is 12.4. The summed E-state index contributed by atoms with van der Waals surface area (Å²) in [5.74, 6) is 0.108. The summed E-state index contributed by atoms with van der Waals surface area (Å²) in [5, 5.41) is 0. The fourth-order valence-corrected chi connectivity index (χ4v) is 3.25. The van der Waals surface area contributed by atoms with Crippen LogP contribution in [0.4, 0.5) is 14.5 Å². The quantitative estimate of drug-likeness (QED) is 0.899. The van der Waals surface area contributed by atoms with E-state index in [0.717, 1.165) is 31.3 Å². The lowest BCUT2D eigenvalue weighted by atomic mass is 10.1. The molecule has 1 aliphatic rings. The first kappa shape index (κ1) is 16.0. The van der Waals surface area contributed by atoms with Gasteiger partial charge in [-0.1, -0.05) is 0 Å². The maximum absolute atomic E-state index is 12.1. The molecular formula is C13H18F2N2O3S. The summed E-state index contributed by atoms with van der Waals surface area (Å²) in [6.07, 6.45) is 2.79. The van der Waals surface area contributed by atoms with Gasteiger partial charge < -0.3 is 9.64 Å². The van der Waals surface area contributed by atoms with Gasteiger partial charge in [0.05, 0.1) is 6.26 Å². The number of hydrogen-bond acceptors (Lipinski definition) is 4. The molecule has 1 atom stereocenters. The second-order valence-corrected chi connectivity index (χ2v) is 6.83. The SMILES string of the molecule is CS(=O)(=O)N[C@@H]1CCCN(c2ccc(OC(F)F)cc2)C1. The number of nitrogens with one attached hydrogen (secondary N) is 1. The number of halogens is 2. The molecule has 0 aliphatic carbocycles. The molecule has 21 heavy (non-hydrogen) atoms. The van der Waals surface area contributed by atoms with E-state index in [0.29, 0.717) is 6.54 Å². The van der Waals surface area contributed by atoms with Crippen molar-refractivity contribution in [1.82, 2.24) is 4.72 Å². The number of piperidine rings is 1. The minimum absolute atomic E-state index is 0.108. The molecule has 1 aromatic carbocycles. The second kappa shape index (κ2) is 6.57. The van der Waals surface area contributed by atoms with Crippen LogP contribution < -0.4 is 14.4 Å². The highest BCUT2D eigenvalue weighted by atomic mass is 32.2. The first-order valence-electron chi connectivity index (χ1n) is 6.60. The summed E-state index contributed by atoms with van der Waals surface area (Å²) in [4.78, 5) is 2.03. The summed E-state index contributed by atoms with van der Waals surface area (Å²) >= 11 is 0. The van der Waals surface area contributed by atoms with Crippen LogP contribution in [0.5, 0.6) is 5.75 Å². The zero-order chi connectivity index (χ0) is 15.5. The van der Waals surface area contributed by atoms with Crippen molar-refractivity contribution in [1.29, 1.82) is 0 Å². The lowest BCUT2D eigenvalue weighted by Gasteiger charge is -2.34. The Balaban J connectivity index is 2.00. The Labute approximate surface area is 122 Å². The maximum atomic E-state index is 12.1. The number of anilines is 1. The van der Waals surface area contributed by atoms with Gasteiger partial charge >= 0.3 is 6.61 Å². The van der Waals surface area contributed by atoms with Gasteiger partial charge in [-0.3, -0.25) is 0 Å². The van der Waals surface area contributed by atoms with Gasteiger partial charge in [-0.2, -0.15) is 8.78 Å². The van der Waals surface area contributed by atoms with E-state index in [1.165, 1.54) is 12.1 Å². The zero-order valence-electron chi connectivity index (χ0n) is 11.6. The molecule has 0 spiro atoms. The summed E-state index contributed by atoms with van der Waals surface area (Å²) in [6, 6.07) is 6.22. The van der Waals surface area contributed by atoms with Crippen molar-refractivity contribution in [2.45, 2.75) is 25.5 Å². The molecule has 0 unspecified atom stereocenters. The van der Waals surface area contributed by atoms with Gasteiger partial charge in [-0.15, -0.1) is 0 Å². The van der Waals surface area contributed by atoms with Crippen molar-refractivity contribution in [2.75, 3.05) is 24.2 Å². The van der Waals surface area contributed by atoms with Crippen molar-refractivity contribution >= 4 is 15.7 Å². The molecule has 0 amide bonds. The average molecular weight is 320 g/mol. The maximum Gasteiger partial charge on any atom is 0.387 e. The summed E-state index contributed by atoms with van der Waals surface area (Å²) in [6.45, 7) is -1.48. The van der Waals surface area contributed by atoms with Gasteiger partial charge in [-0.05, 0) is 37.1 Å². The van der Waals surface area contributed by atoms with Crippen molar-refractivity contribution in [3.63, 3.8) is 0 Å². The molecule has 5 nitrogen and oxygen atoms in total. The van der Waals surface area contributed by atoms with Crippen LogP contribution >= 0.6 is 0 Å². The number of hydrogen-bond donors (Lipinski definition) is 1. The third-order valence-electron chi connectivity index (χ3n) is 3.23. The molecule has 2 rings (SSSR count). The fraction of sp³-hybridized carbons (Fsp3) is 0.538. The highest BCUT2D eigenvalue weighted by molar-refractivity contribution is 7.88. The molecule has 0 aromatic heterocycles. The lowest BCUT2D eigenvalue weighted by Crippen LogP contribution is -2.47. The van der Waals surface area contributed by atoms with Crippen LogP contribution in [0.15, 0.2) is 24.3 Å². The number of ether oxygens (including phenoxy) is 1. The molecular weight excluding hydrogens is 302 g/mol. The molecule has 1 N–H and O–H groups in total. The van der Waals surface area contributed by atoms with E-state index in [4.69, 9.17) is 0 Å². The average Bonchev–Trinajstić information content (AvgIpc) is 2.37. The standard InChI is InChI=1S/C13H18F2N2O3S/c1-21(18,19)16-10-3-2-8-17(9-10)11-4-6-12(7-5-11)20-13(14)15/h4-7,10,13,16H,2-3,8-9H2,1H3/t10-/m1/s1. The Morgan fingerprint density at radius 3 is 2.57 bits per heavy atom. The van der Waals surface area contributed by atoms with Crippen LogP contribution in [0.25, 0.3) is 0 Å². The molecule has 1 saturated heterocycles. The molecule has 1 aromatic rings. The number of sulfonamides is 1. The first-order valence-corrected chi connectivity index (χ1v) is 8.50. The van der Waals surface area contributed by atoms with Crippen LogP contribution in [0.2, 0.25) is 0 Å². The monoisotopic (exact) mass is 320 g/mol. The molecule has 118 valence electrons. The van der Waals surface area contributed by atoms with Crippen molar-refractivity contribution < 1.29 is 21.9 Å². The normalized spacial score (nSPS) is 19.8. The highest BCUT2D eigenvalue weighted by Gasteiger charge is 2.22. The Morgan fingerprint density at radius 1 is 1.33 bits per heavy atom. The Bertz CT molecular complexity index is 563. The third kappa shape index (κ3) is 5.13. The largest absolute Gasteiger partial charge is 0.435 e. The Hall–Kier alpha value is -1.41. The number of rotatable bonds is 5. The number of benzene rings is 1. The van der Waals surface area contributed by atoms with Gasteiger partial charge in [-0.25, -0.2) is 13.1 Å². The highest BCUT2D eigenvalue weighted by Crippen LogP contribution is 2.23. The van der Waals surface area contributed by atoms with E-state index in [-0.39, 0.29) is 11.8 Å². The first-order chi connectivity index (χ1) is 9.83. The van der Waals surface area contributed by atoms with E-state index in [9.17, 15) is 17.2 Å². The molecule has 0 saturated carbocycles. The Morgan fingerprint density at radius 2 is 2.00 bits per heavy atom. The minimum Gasteiger partial charge on any atom is -0.435 e. The van der Waals surface area contributed by atoms with E-state index in [2.05, 4.69) is 9.46 Å². The number of alkyl halides is 2. The van der Waals surface area contributed by atoms with Crippen LogP contribution in [-0.4, -0.2) is 40.4 Å². The van der Waals surface area contributed by atoms with Gasteiger partial charge in [0.25, 0.3) is 0 Å². The van der Waals surface area contributed by atoms with Gasteiger partial charge in [0.1, 0.15) is 5.75 Å². The second-order valence-electron chi connectivity index (χ2n) is 5.05. The molecule has 1 heterocycles. The molecule has 0 radical (unpaired) electrons. The molecule has 1 fully saturated rings. The minimum atomic E-state index is -3.23. The number of nitrogens with zero attached hydrogens (tertiary/aromatic N) is 1. The fourth-order valence-electron chi connectivity index (χ4n) is 2.45. The van der Waals surface area contributed by atoms with E-state index < -0.39 is 16.6 Å². The van der Waals surface area contributed by atoms with Crippen LogP contribution in [-0.2, 0) is 10.0 Å². The van der Waals surface area contributed by atoms with Crippen molar-refractivity contribution in [2.24, 2.45) is 0 Å². The van der Waals surface area contributed by atoms with Crippen molar-refractivity contribution in [3.8, 4) is 5.75 Å². The molecule has 8 heteroatoms.